The topological polar surface area (TPSA) is 38.5 Å². The number of ether oxygens (including phenoxy) is 1. The first-order valence-corrected chi connectivity index (χ1v) is 5.10. The number of morpholine rings is 1. The Hall–Kier alpha value is -0.190. The van der Waals surface area contributed by atoms with Crippen molar-refractivity contribution in [2.24, 2.45) is 5.73 Å². The third-order valence-corrected chi connectivity index (χ3v) is 2.75. The third-order valence-electron chi connectivity index (χ3n) is 2.41. The molecular weight excluding hydrogens is 184 g/mol. The second kappa shape index (κ2) is 4.35. The van der Waals surface area contributed by atoms with E-state index in [4.69, 9.17) is 22.7 Å². The van der Waals surface area contributed by atoms with Crippen LogP contribution in [0.4, 0.5) is 0 Å². The summed E-state index contributed by atoms with van der Waals surface area (Å²) in [5, 5.41) is 0. The summed E-state index contributed by atoms with van der Waals surface area (Å²) in [6, 6.07) is 0.184. The molecule has 3 nitrogen and oxygen atoms in total. The normalized spacial score (nSPS) is 32.8. The summed E-state index contributed by atoms with van der Waals surface area (Å²) >= 11 is 4.97. The van der Waals surface area contributed by atoms with Gasteiger partial charge in [-0.05, 0) is 20.8 Å². The van der Waals surface area contributed by atoms with Crippen molar-refractivity contribution in [1.29, 1.82) is 0 Å². The molecule has 1 aliphatic rings. The van der Waals surface area contributed by atoms with Crippen molar-refractivity contribution in [2.45, 2.75) is 39.0 Å². The Balaban J connectivity index is 2.54. The Morgan fingerprint density at radius 3 is 2.31 bits per heavy atom. The van der Waals surface area contributed by atoms with Crippen LogP contribution < -0.4 is 5.73 Å². The molecule has 0 saturated carbocycles. The monoisotopic (exact) mass is 202 g/mol. The molecule has 0 aromatic rings. The van der Waals surface area contributed by atoms with Gasteiger partial charge in [-0.25, -0.2) is 0 Å². The van der Waals surface area contributed by atoms with Crippen LogP contribution in [0.25, 0.3) is 0 Å². The average Bonchev–Trinajstić information content (AvgIpc) is 2.01. The van der Waals surface area contributed by atoms with Gasteiger partial charge in [0, 0.05) is 13.1 Å². The number of nitrogens with zero attached hydrogens (tertiary/aromatic N) is 1. The van der Waals surface area contributed by atoms with Crippen LogP contribution >= 0.6 is 12.2 Å². The molecule has 1 rings (SSSR count). The van der Waals surface area contributed by atoms with Crippen molar-refractivity contribution in [3.8, 4) is 0 Å². The zero-order valence-electron chi connectivity index (χ0n) is 8.49. The van der Waals surface area contributed by atoms with E-state index in [1.165, 1.54) is 0 Å². The summed E-state index contributed by atoms with van der Waals surface area (Å²) in [6.45, 7) is 8.04. The molecule has 1 unspecified atom stereocenters. The molecule has 13 heavy (non-hydrogen) atoms. The van der Waals surface area contributed by atoms with E-state index < -0.39 is 0 Å². The Kier molecular flexibility index (Phi) is 3.64. The zero-order valence-corrected chi connectivity index (χ0v) is 9.30. The Labute approximate surface area is 85.2 Å². The van der Waals surface area contributed by atoms with Crippen LogP contribution in [0.15, 0.2) is 0 Å². The second-order valence-electron chi connectivity index (χ2n) is 3.79. The lowest BCUT2D eigenvalue weighted by Gasteiger charge is -2.38. The smallest absolute Gasteiger partial charge is 0.0899 e. The lowest BCUT2D eigenvalue weighted by molar-refractivity contribution is -0.0716. The molecule has 0 aromatic carbocycles. The summed E-state index contributed by atoms with van der Waals surface area (Å²) in [5.41, 5.74) is 5.61. The summed E-state index contributed by atoms with van der Waals surface area (Å²) in [6.07, 6.45) is 0.557. The van der Waals surface area contributed by atoms with Gasteiger partial charge in [-0.2, -0.15) is 0 Å². The largest absolute Gasteiger partial charge is 0.392 e. The molecular formula is C9H18N2OS. The van der Waals surface area contributed by atoms with E-state index in [0.29, 0.717) is 4.99 Å². The Bertz CT molecular complexity index is 188. The predicted molar refractivity (Wildman–Crippen MR) is 57.8 cm³/mol. The van der Waals surface area contributed by atoms with Crippen LogP contribution in [0.3, 0.4) is 0 Å². The lowest BCUT2D eigenvalue weighted by atomic mass is 10.2. The van der Waals surface area contributed by atoms with Gasteiger partial charge in [-0.3, -0.25) is 4.90 Å². The van der Waals surface area contributed by atoms with Crippen LogP contribution in [0.1, 0.15) is 20.8 Å². The number of rotatable bonds is 2. The molecule has 0 aromatic heterocycles. The predicted octanol–water partition coefficient (Wildman–Crippen LogP) is 0.770. The first-order chi connectivity index (χ1) is 6.00. The summed E-state index contributed by atoms with van der Waals surface area (Å²) in [5.74, 6) is 0. The first kappa shape index (κ1) is 10.9. The number of nitrogens with two attached hydrogens (primary N) is 1. The van der Waals surface area contributed by atoms with Gasteiger partial charge in [0.05, 0.1) is 23.2 Å². The highest BCUT2D eigenvalue weighted by Gasteiger charge is 2.26. The maximum absolute atomic E-state index is 5.62. The van der Waals surface area contributed by atoms with Gasteiger partial charge in [0.15, 0.2) is 0 Å². The molecule has 0 amide bonds. The van der Waals surface area contributed by atoms with E-state index in [-0.39, 0.29) is 18.2 Å². The maximum atomic E-state index is 5.62. The third kappa shape index (κ3) is 2.90. The summed E-state index contributed by atoms with van der Waals surface area (Å²) < 4.78 is 5.62. The standard InChI is InChI=1S/C9H18N2OS/c1-6-4-11(5-7(2)12-6)8(3)9(10)13/h6-8H,4-5H2,1-3H3,(H2,10,13)/t6-,7+,8?. The molecule has 1 fully saturated rings. The summed E-state index contributed by atoms with van der Waals surface area (Å²) in [7, 11) is 0. The molecule has 2 N–H and O–H groups in total. The Morgan fingerprint density at radius 2 is 1.92 bits per heavy atom. The van der Waals surface area contributed by atoms with Crippen LogP contribution in [-0.2, 0) is 4.74 Å². The fraction of sp³-hybridized carbons (Fsp3) is 0.889. The minimum Gasteiger partial charge on any atom is -0.392 e. The maximum Gasteiger partial charge on any atom is 0.0899 e. The van der Waals surface area contributed by atoms with Crippen molar-refractivity contribution < 1.29 is 4.74 Å². The fourth-order valence-electron chi connectivity index (χ4n) is 1.71. The molecule has 0 spiro atoms. The average molecular weight is 202 g/mol. The molecule has 0 aliphatic carbocycles. The molecule has 4 heteroatoms. The molecule has 1 aliphatic heterocycles. The quantitative estimate of drug-likeness (QED) is 0.671. The van der Waals surface area contributed by atoms with Crippen molar-refractivity contribution >= 4 is 17.2 Å². The highest BCUT2D eigenvalue weighted by molar-refractivity contribution is 7.80. The highest BCUT2D eigenvalue weighted by atomic mass is 32.1. The lowest BCUT2D eigenvalue weighted by Crippen LogP contribution is -2.52. The SMILES string of the molecule is CC(C(N)=S)N1C[C@@H](C)O[C@@H](C)C1. The van der Waals surface area contributed by atoms with E-state index in [1.807, 2.05) is 6.92 Å². The van der Waals surface area contributed by atoms with Gasteiger partial charge >= 0.3 is 0 Å². The van der Waals surface area contributed by atoms with E-state index in [0.717, 1.165) is 13.1 Å². The molecule has 0 radical (unpaired) electrons. The van der Waals surface area contributed by atoms with Gasteiger partial charge in [-0.15, -0.1) is 0 Å². The summed E-state index contributed by atoms with van der Waals surface area (Å²) in [4.78, 5) is 2.85. The van der Waals surface area contributed by atoms with Gasteiger partial charge in [0.1, 0.15) is 0 Å². The van der Waals surface area contributed by atoms with Crippen LogP contribution in [0, 0.1) is 0 Å². The van der Waals surface area contributed by atoms with Crippen molar-refractivity contribution in [2.75, 3.05) is 13.1 Å². The van der Waals surface area contributed by atoms with E-state index in [2.05, 4.69) is 18.7 Å². The second-order valence-corrected chi connectivity index (χ2v) is 4.26. The van der Waals surface area contributed by atoms with Crippen LogP contribution in [0.2, 0.25) is 0 Å². The van der Waals surface area contributed by atoms with Gasteiger partial charge in [0.2, 0.25) is 0 Å². The minimum absolute atomic E-state index is 0.184. The molecule has 3 atom stereocenters. The van der Waals surface area contributed by atoms with Crippen LogP contribution in [0.5, 0.6) is 0 Å². The Morgan fingerprint density at radius 1 is 1.46 bits per heavy atom. The molecule has 1 saturated heterocycles. The highest BCUT2D eigenvalue weighted by Crippen LogP contribution is 2.13. The van der Waals surface area contributed by atoms with E-state index in [1.54, 1.807) is 0 Å². The van der Waals surface area contributed by atoms with Crippen LogP contribution in [-0.4, -0.2) is 41.2 Å². The molecule has 76 valence electrons. The van der Waals surface area contributed by atoms with Gasteiger partial charge in [-0.1, -0.05) is 12.2 Å². The fourth-order valence-corrected chi connectivity index (χ4v) is 1.86. The van der Waals surface area contributed by atoms with Gasteiger partial charge in [0.25, 0.3) is 0 Å². The number of hydrogen-bond acceptors (Lipinski definition) is 3. The van der Waals surface area contributed by atoms with Crippen molar-refractivity contribution in [3.63, 3.8) is 0 Å². The van der Waals surface area contributed by atoms with E-state index in [9.17, 15) is 0 Å². The van der Waals surface area contributed by atoms with Crippen molar-refractivity contribution in [1.82, 2.24) is 4.90 Å². The minimum atomic E-state index is 0.184. The van der Waals surface area contributed by atoms with Crippen molar-refractivity contribution in [3.05, 3.63) is 0 Å². The van der Waals surface area contributed by atoms with Gasteiger partial charge < -0.3 is 10.5 Å². The first-order valence-electron chi connectivity index (χ1n) is 4.69. The number of hydrogen-bond donors (Lipinski definition) is 1. The zero-order chi connectivity index (χ0) is 10.0. The molecule has 0 bridgehead atoms. The number of thiocarbonyl (C=S) groups is 1. The molecule has 1 heterocycles. The van der Waals surface area contributed by atoms with E-state index >= 15 is 0 Å².